The van der Waals surface area contributed by atoms with Gasteiger partial charge in [0.15, 0.2) is 0 Å². The van der Waals surface area contributed by atoms with E-state index in [1.165, 1.54) is 54.4 Å². The maximum absolute atomic E-state index is 5.62. The van der Waals surface area contributed by atoms with Crippen molar-refractivity contribution in [3.63, 3.8) is 0 Å². The van der Waals surface area contributed by atoms with Crippen LogP contribution in [0.3, 0.4) is 0 Å². The van der Waals surface area contributed by atoms with Crippen molar-refractivity contribution in [3.8, 4) is 5.69 Å². The zero-order chi connectivity index (χ0) is 32.1. The molecule has 4 aromatic heterocycles. The van der Waals surface area contributed by atoms with Gasteiger partial charge in [-0.2, -0.15) is 0 Å². The summed E-state index contributed by atoms with van der Waals surface area (Å²) in [6, 6.07) is 46.5. The molecule has 48 heavy (non-hydrogen) atoms. The Labute approximate surface area is 277 Å². The van der Waals surface area contributed by atoms with Crippen molar-refractivity contribution in [2.24, 2.45) is 0 Å². The van der Waals surface area contributed by atoms with E-state index in [4.69, 9.17) is 4.98 Å². The third-order valence-corrected chi connectivity index (χ3v) is 11.7. The average molecular weight is 620 g/mol. The van der Waals surface area contributed by atoms with E-state index in [0.717, 1.165) is 33.9 Å². The lowest BCUT2D eigenvalue weighted by molar-refractivity contribution is 0.253. The minimum absolute atomic E-state index is 0.255. The molecule has 0 fully saturated rings. The summed E-state index contributed by atoms with van der Waals surface area (Å²) in [5.74, 6) is 0.985. The Morgan fingerprint density at radius 1 is 0.458 bits per heavy atom. The zero-order valence-corrected chi connectivity index (χ0v) is 27.4. The van der Waals surface area contributed by atoms with Gasteiger partial charge in [-0.15, -0.1) is 0 Å². The zero-order valence-electron chi connectivity index (χ0n) is 27.4. The normalized spacial score (nSPS) is 15.8. The molecule has 0 spiro atoms. The topological polar surface area (TPSA) is 30.4 Å². The fraction of sp³-hybridized carbons (Fsp3) is 0.140. The molecule has 11 rings (SSSR count). The second kappa shape index (κ2) is 8.55. The Bertz CT molecular complexity index is 2950. The highest BCUT2D eigenvalue weighted by Gasteiger charge is 2.53. The molecule has 0 aliphatic carbocycles. The summed E-state index contributed by atoms with van der Waals surface area (Å²) in [6.07, 6.45) is 0. The van der Waals surface area contributed by atoms with Crippen LogP contribution in [0.5, 0.6) is 0 Å². The number of fused-ring (bicyclic) bond motifs is 13. The maximum Gasteiger partial charge on any atom is 0.212 e. The fourth-order valence-corrected chi connectivity index (χ4v) is 8.92. The standard InChI is InChI=1S/C43H33N5/c1-42(2)43(3,4)48-37-24-22-32-29-16-8-10-19-34(29)45(26-13-6-5-7-14-26)40(32)38(37)44-41(48)47(42)27-21-23-36-33(25-27)31-18-12-17-30-28-15-9-11-20-35(28)46(36)39(30)31/h5-25H,1-4H3. The van der Waals surface area contributed by atoms with Crippen LogP contribution in [-0.4, -0.2) is 24.1 Å². The van der Waals surface area contributed by atoms with Gasteiger partial charge in [-0.3, -0.25) is 0 Å². The lowest BCUT2D eigenvalue weighted by atomic mass is 9.82. The Kier molecular flexibility index (Phi) is 4.68. The number of hydrogen-bond donors (Lipinski definition) is 0. The number of aromatic nitrogens is 4. The van der Waals surface area contributed by atoms with Gasteiger partial charge in [-0.1, -0.05) is 72.8 Å². The molecule has 1 aliphatic heterocycles. The SMILES string of the molecule is CC1(C)N(c2ccc3c(c2)c2cccc4c5ccccc5n3c42)c2nc3c(ccc4c5ccccc5n(-c5ccccc5)c43)n2C1(C)C. The largest absolute Gasteiger partial charge is 0.308 e. The Morgan fingerprint density at radius 3 is 1.85 bits per heavy atom. The molecule has 1 aliphatic rings. The van der Waals surface area contributed by atoms with Crippen LogP contribution in [0, 0.1) is 0 Å². The summed E-state index contributed by atoms with van der Waals surface area (Å²) in [5.41, 5.74) is 10.1. The molecule has 0 saturated carbocycles. The van der Waals surface area contributed by atoms with Crippen LogP contribution in [0.1, 0.15) is 27.7 Å². The number of nitrogens with zero attached hydrogens (tertiary/aromatic N) is 5. The number of rotatable bonds is 2. The van der Waals surface area contributed by atoms with Crippen molar-refractivity contribution in [2.75, 3.05) is 4.90 Å². The molecule has 0 atom stereocenters. The monoisotopic (exact) mass is 619 g/mol. The maximum atomic E-state index is 5.62. The van der Waals surface area contributed by atoms with E-state index in [9.17, 15) is 0 Å². The second-order valence-corrected chi connectivity index (χ2v) is 14.5. The highest BCUT2D eigenvalue weighted by molar-refractivity contribution is 6.23. The molecule has 6 aromatic carbocycles. The van der Waals surface area contributed by atoms with Gasteiger partial charge in [-0.25, -0.2) is 4.98 Å². The molecule has 0 radical (unpaired) electrons. The molecule has 0 amide bonds. The smallest absolute Gasteiger partial charge is 0.212 e. The van der Waals surface area contributed by atoms with Crippen LogP contribution in [-0.2, 0) is 5.54 Å². The number of benzene rings is 6. The number of imidazole rings is 1. The van der Waals surface area contributed by atoms with E-state index < -0.39 is 0 Å². The number of para-hydroxylation sites is 4. The molecule has 0 saturated heterocycles. The minimum Gasteiger partial charge on any atom is -0.308 e. The van der Waals surface area contributed by atoms with Gasteiger partial charge in [-0.05, 0) is 82.3 Å². The molecule has 5 heterocycles. The van der Waals surface area contributed by atoms with Gasteiger partial charge in [0.1, 0.15) is 5.52 Å². The van der Waals surface area contributed by atoms with E-state index >= 15 is 0 Å². The van der Waals surface area contributed by atoms with Crippen molar-refractivity contribution in [1.29, 1.82) is 0 Å². The molecular weight excluding hydrogens is 587 g/mol. The third kappa shape index (κ3) is 2.93. The first-order valence-corrected chi connectivity index (χ1v) is 16.8. The predicted octanol–water partition coefficient (Wildman–Crippen LogP) is 10.9. The number of anilines is 2. The predicted molar refractivity (Wildman–Crippen MR) is 201 cm³/mol. The van der Waals surface area contributed by atoms with Crippen LogP contribution in [0.2, 0.25) is 0 Å². The van der Waals surface area contributed by atoms with Gasteiger partial charge < -0.3 is 18.4 Å². The molecule has 0 N–H and O–H groups in total. The van der Waals surface area contributed by atoms with E-state index in [1.807, 2.05) is 0 Å². The quantitative estimate of drug-likeness (QED) is 0.193. The van der Waals surface area contributed by atoms with Crippen LogP contribution < -0.4 is 4.90 Å². The molecule has 10 aromatic rings. The Morgan fingerprint density at radius 2 is 1.06 bits per heavy atom. The van der Waals surface area contributed by atoms with E-state index in [1.54, 1.807) is 0 Å². The van der Waals surface area contributed by atoms with Crippen LogP contribution >= 0.6 is 0 Å². The second-order valence-electron chi connectivity index (χ2n) is 14.5. The van der Waals surface area contributed by atoms with E-state index in [2.05, 4.69) is 174 Å². The lowest BCUT2D eigenvalue weighted by Gasteiger charge is -2.41. The van der Waals surface area contributed by atoms with Gasteiger partial charge in [0, 0.05) is 43.7 Å². The summed E-state index contributed by atoms with van der Waals surface area (Å²) >= 11 is 0. The van der Waals surface area contributed by atoms with Crippen molar-refractivity contribution >= 4 is 82.6 Å². The molecular formula is C43H33N5. The molecule has 5 nitrogen and oxygen atoms in total. The van der Waals surface area contributed by atoms with Gasteiger partial charge >= 0.3 is 0 Å². The highest BCUT2D eigenvalue weighted by Crippen LogP contribution is 2.53. The van der Waals surface area contributed by atoms with E-state index in [0.29, 0.717) is 0 Å². The summed E-state index contributed by atoms with van der Waals surface area (Å²) < 4.78 is 7.33. The Balaban J connectivity index is 1.21. The molecule has 5 heteroatoms. The molecule has 0 bridgehead atoms. The first kappa shape index (κ1) is 26.3. The van der Waals surface area contributed by atoms with Crippen molar-refractivity contribution in [1.82, 2.24) is 18.5 Å². The summed E-state index contributed by atoms with van der Waals surface area (Å²) in [5, 5.41) is 7.64. The first-order valence-electron chi connectivity index (χ1n) is 16.8. The average Bonchev–Trinajstić information content (AvgIpc) is 3.86. The van der Waals surface area contributed by atoms with Crippen molar-refractivity contribution in [2.45, 2.75) is 38.8 Å². The van der Waals surface area contributed by atoms with Crippen molar-refractivity contribution < 1.29 is 0 Å². The summed E-state index contributed by atoms with van der Waals surface area (Å²) in [6.45, 7) is 9.44. The van der Waals surface area contributed by atoms with Gasteiger partial charge in [0.2, 0.25) is 5.95 Å². The molecule has 0 unspecified atom stereocenters. The highest BCUT2D eigenvalue weighted by atomic mass is 15.4. The molecule has 230 valence electrons. The van der Waals surface area contributed by atoms with Gasteiger partial charge in [0.05, 0.1) is 44.2 Å². The minimum atomic E-state index is -0.258. The van der Waals surface area contributed by atoms with E-state index in [-0.39, 0.29) is 11.1 Å². The van der Waals surface area contributed by atoms with Crippen LogP contribution in [0.25, 0.3) is 76.6 Å². The van der Waals surface area contributed by atoms with Gasteiger partial charge in [0.25, 0.3) is 0 Å². The third-order valence-electron chi connectivity index (χ3n) is 11.7. The lowest BCUT2D eigenvalue weighted by Crippen LogP contribution is -2.50. The number of hydrogen-bond acceptors (Lipinski definition) is 2. The Hall–Kier alpha value is -5.81. The van der Waals surface area contributed by atoms with Crippen LogP contribution in [0.4, 0.5) is 11.6 Å². The fourth-order valence-electron chi connectivity index (χ4n) is 8.92. The van der Waals surface area contributed by atoms with Crippen LogP contribution in [0.15, 0.2) is 127 Å². The summed E-state index contributed by atoms with van der Waals surface area (Å²) in [4.78, 5) is 8.10. The summed E-state index contributed by atoms with van der Waals surface area (Å²) in [7, 11) is 0. The van der Waals surface area contributed by atoms with Crippen molar-refractivity contribution in [3.05, 3.63) is 127 Å². The first-order chi connectivity index (χ1) is 23.4.